The molecule has 1 fully saturated rings. The molecule has 1 aromatic heterocycles. The van der Waals surface area contributed by atoms with Gasteiger partial charge in [-0.05, 0) is 37.3 Å². The molecule has 1 atom stereocenters. The Bertz CT molecular complexity index is 875. The molecule has 1 saturated heterocycles. The summed E-state index contributed by atoms with van der Waals surface area (Å²) >= 11 is 9.14. The van der Waals surface area contributed by atoms with Crippen LogP contribution in [-0.2, 0) is 9.53 Å². The first-order valence-electron chi connectivity index (χ1n) is 7.60. The molecule has 136 valence electrons. The van der Waals surface area contributed by atoms with E-state index in [2.05, 4.69) is 20.9 Å². The van der Waals surface area contributed by atoms with Crippen molar-refractivity contribution in [1.82, 2.24) is 4.98 Å². The van der Waals surface area contributed by atoms with Gasteiger partial charge in [0.25, 0.3) is 5.91 Å². The first-order chi connectivity index (χ1) is 12.3. The van der Waals surface area contributed by atoms with Gasteiger partial charge in [-0.3, -0.25) is 4.79 Å². The molecule has 1 aromatic carbocycles. The van der Waals surface area contributed by atoms with Gasteiger partial charge in [-0.25, -0.2) is 19.1 Å². The van der Waals surface area contributed by atoms with Gasteiger partial charge < -0.3 is 9.64 Å². The molecule has 1 aliphatic rings. The highest BCUT2D eigenvalue weighted by molar-refractivity contribution is 9.10. The van der Waals surface area contributed by atoms with Crippen LogP contribution in [0, 0.1) is 12.7 Å². The molecule has 3 rings (SSSR count). The number of cyclic esters (lactones) is 1. The van der Waals surface area contributed by atoms with E-state index in [1.54, 1.807) is 19.1 Å². The third kappa shape index (κ3) is 3.52. The van der Waals surface area contributed by atoms with Gasteiger partial charge in [0.1, 0.15) is 18.2 Å². The molecule has 0 saturated carbocycles. The summed E-state index contributed by atoms with van der Waals surface area (Å²) in [5.41, 5.74) is 1.08. The van der Waals surface area contributed by atoms with Crippen LogP contribution in [0.1, 0.15) is 5.69 Å². The van der Waals surface area contributed by atoms with Crippen LogP contribution in [0.25, 0.3) is 0 Å². The maximum Gasteiger partial charge on any atom is 0.416 e. The number of rotatable bonds is 3. The summed E-state index contributed by atoms with van der Waals surface area (Å²) in [5.74, 6) is -0.674. The van der Waals surface area contributed by atoms with Crippen molar-refractivity contribution < 1.29 is 18.7 Å². The molecule has 2 amide bonds. The first kappa shape index (κ1) is 18.6. The summed E-state index contributed by atoms with van der Waals surface area (Å²) in [6.07, 6.45) is -0.654. The van der Waals surface area contributed by atoms with Crippen LogP contribution in [0.15, 0.2) is 34.8 Å². The van der Waals surface area contributed by atoms with E-state index in [1.807, 2.05) is 0 Å². The highest BCUT2D eigenvalue weighted by atomic mass is 79.9. The number of amides is 2. The molecular weight excluding hydrogens is 429 g/mol. The SMILES string of the molecule is Cc1cc(Br)cc(N2C(=O)OC[C@H]2C(=O)N(C)c2ccc(F)c(Cl)c2)n1. The maximum atomic E-state index is 13.4. The number of aryl methyl sites for hydroxylation is 1. The van der Waals surface area contributed by atoms with Crippen LogP contribution in [0.5, 0.6) is 0 Å². The third-order valence-electron chi connectivity index (χ3n) is 3.93. The minimum atomic E-state index is -0.891. The summed E-state index contributed by atoms with van der Waals surface area (Å²) in [6.45, 7) is 1.67. The average molecular weight is 443 g/mol. The largest absolute Gasteiger partial charge is 0.446 e. The zero-order valence-electron chi connectivity index (χ0n) is 13.9. The lowest BCUT2D eigenvalue weighted by Gasteiger charge is -2.25. The molecule has 0 radical (unpaired) electrons. The topological polar surface area (TPSA) is 62.7 Å². The van der Waals surface area contributed by atoms with Crippen molar-refractivity contribution in [3.05, 3.63) is 51.3 Å². The molecule has 2 heterocycles. The normalized spacial score (nSPS) is 16.6. The van der Waals surface area contributed by atoms with Crippen LogP contribution in [0.4, 0.5) is 20.7 Å². The molecule has 2 aromatic rings. The summed E-state index contributed by atoms with van der Waals surface area (Å²) < 4.78 is 19.1. The quantitative estimate of drug-likeness (QED) is 0.722. The van der Waals surface area contributed by atoms with Crippen LogP contribution in [-0.4, -0.2) is 36.7 Å². The van der Waals surface area contributed by atoms with E-state index in [0.29, 0.717) is 17.2 Å². The number of hydrogen-bond acceptors (Lipinski definition) is 4. The monoisotopic (exact) mass is 441 g/mol. The summed E-state index contributed by atoms with van der Waals surface area (Å²) in [4.78, 5) is 31.9. The van der Waals surface area contributed by atoms with Crippen molar-refractivity contribution in [2.75, 3.05) is 23.5 Å². The number of benzene rings is 1. The number of hydrogen-bond donors (Lipinski definition) is 0. The maximum absolute atomic E-state index is 13.4. The zero-order chi connectivity index (χ0) is 19.0. The molecule has 26 heavy (non-hydrogen) atoms. The van der Waals surface area contributed by atoms with Gasteiger partial charge in [-0.2, -0.15) is 0 Å². The zero-order valence-corrected chi connectivity index (χ0v) is 16.2. The fourth-order valence-electron chi connectivity index (χ4n) is 2.63. The second kappa shape index (κ2) is 7.20. The van der Waals surface area contributed by atoms with E-state index in [-0.39, 0.29) is 11.6 Å². The smallest absolute Gasteiger partial charge is 0.416 e. The van der Waals surface area contributed by atoms with E-state index in [0.717, 1.165) is 4.47 Å². The predicted octanol–water partition coefficient (Wildman–Crippen LogP) is 3.93. The third-order valence-corrected chi connectivity index (χ3v) is 4.68. The second-order valence-electron chi connectivity index (χ2n) is 5.74. The van der Waals surface area contributed by atoms with Crippen molar-refractivity contribution in [1.29, 1.82) is 0 Å². The van der Waals surface area contributed by atoms with Gasteiger partial charge in [0.15, 0.2) is 6.04 Å². The van der Waals surface area contributed by atoms with Crippen molar-refractivity contribution in [3.63, 3.8) is 0 Å². The van der Waals surface area contributed by atoms with Crippen LogP contribution >= 0.6 is 27.5 Å². The molecule has 0 N–H and O–H groups in total. The van der Waals surface area contributed by atoms with Crippen molar-refractivity contribution in [2.24, 2.45) is 0 Å². The van der Waals surface area contributed by atoms with Gasteiger partial charge in [0, 0.05) is 22.9 Å². The lowest BCUT2D eigenvalue weighted by Crippen LogP contribution is -2.47. The standard InChI is InChI=1S/C17H14BrClFN3O3/c1-9-5-10(18)6-15(21-9)23-14(8-26-17(23)25)16(24)22(2)11-3-4-13(20)12(19)7-11/h3-7,14H,8H2,1-2H3/t14-/m0/s1. The van der Waals surface area contributed by atoms with Crippen LogP contribution in [0.3, 0.4) is 0 Å². The Balaban J connectivity index is 1.91. The average Bonchev–Trinajstić information content (AvgIpc) is 2.96. The molecule has 0 unspecified atom stereocenters. The number of likely N-dealkylation sites (N-methyl/N-ethyl adjacent to an activating group) is 1. The number of anilines is 2. The molecule has 1 aliphatic heterocycles. The van der Waals surface area contributed by atoms with Gasteiger partial charge >= 0.3 is 6.09 Å². The summed E-state index contributed by atoms with van der Waals surface area (Å²) in [5, 5.41) is -0.0953. The Labute approximate surface area is 162 Å². The Morgan fingerprint density at radius 2 is 2.15 bits per heavy atom. The van der Waals surface area contributed by atoms with Crippen molar-refractivity contribution in [2.45, 2.75) is 13.0 Å². The molecule has 6 nitrogen and oxygen atoms in total. The Morgan fingerprint density at radius 3 is 2.81 bits per heavy atom. The fraction of sp³-hybridized carbons (Fsp3) is 0.235. The van der Waals surface area contributed by atoms with E-state index < -0.39 is 23.9 Å². The Kier molecular flexibility index (Phi) is 5.15. The van der Waals surface area contributed by atoms with Crippen molar-refractivity contribution >= 4 is 51.0 Å². The number of aromatic nitrogens is 1. The Hall–Kier alpha value is -2.19. The summed E-state index contributed by atoms with van der Waals surface area (Å²) in [6, 6.07) is 6.48. The highest BCUT2D eigenvalue weighted by Gasteiger charge is 2.41. The van der Waals surface area contributed by atoms with Crippen molar-refractivity contribution in [3.8, 4) is 0 Å². The summed E-state index contributed by atoms with van der Waals surface area (Å²) in [7, 11) is 1.52. The minimum absolute atomic E-state index is 0.0953. The van der Waals surface area contributed by atoms with E-state index in [9.17, 15) is 14.0 Å². The lowest BCUT2D eigenvalue weighted by molar-refractivity contribution is -0.119. The van der Waals surface area contributed by atoms with Gasteiger partial charge in [-0.1, -0.05) is 27.5 Å². The number of pyridine rings is 1. The van der Waals surface area contributed by atoms with Gasteiger partial charge in [0.2, 0.25) is 0 Å². The van der Waals surface area contributed by atoms with Crippen LogP contribution in [0.2, 0.25) is 5.02 Å². The molecule has 9 heteroatoms. The van der Waals surface area contributed by atoms with E-state index in [1.165, 1.54) is 35.0 Å². The molecular formula is C17H14BrClFN3O3. The highest BCUT2D eigenvalue weighted by Crippen LogP contribution is 2.28. The predicted molar refractivity (Wildman–Crippen MR) is 99.1 cm³/mol. The number of ether oxygens (including phenoxy) is 1. The number of nitrogens with zero attached hydrogens (tertiary/aromatic N) is 3. The molecule has 0 aliphatic carbocycles. The lowest BCUT2D eigenvalue weighted by atomic mass is 10.2. The second-order valence-corrected chi connectivity index (χ2v) is 7.07. The van der Waals surface area contributed by atoms with E-state index in [4.69, 9.17) is 16.3 Å². The molecule has 0 bridgehead atoms. The van der Waals surface area contributed by atoms with E-state index >= 15 is 0 Å². The number of halogens is 3. The minimum Gasteiger partial charge on any atom is -0.446 e. The van der Waals surface area contributed by atoms with Gasteiger partial charge in [-0.15, -0.1) is 0 Å². The fourth-order valence-corrected chi connectivity index (χ4v) is 3.34. The Morgan fingerprint density at radius 1 is 1.42 bits per heavy atom. The van der Waals surface area contributed by atoms with Crippen LogP contribution < -0.4 is 9.80 Å². The number of carbonyl (C=O) groups is 2. The van der Waals surface area contributed by atoms with Gasteiger partial charge in [0.05, 0.1) is 5.02 Å². The molecule has 0 spiro atoms. The first-order valence-corrected chi connectivity index (χ1v) is 8.78. The number of carbonyl (C=O) groups excluding carboxylic acids is 2.